The van der Waals surface area contributed by atoms with E-state index in [-0.39, 0.29) is 18.8 Å². The summed E-state index contributed by atoms with van der Waals surface area (Å²) in [5, 5.41) is 31.0. The molecule has 0 aliphatic heterocycles. The largest absolute Gasteiger partial charge is 0.508 e. The number of methoxy groups -OCH3 is 1. The molecule has 0 spiro atoms. The molecule has 8 nitrogen and oxygen atoms in total. The standard InChI is InChI=1S/C18H27N5O3/c1-5-19-17(20-9-13-8-15(26-4)6-7-16(13)24)21-12-18(2,25)14-10-22-23(3)11-14/h6-8,10-11,24-25H,5,9,12H2,1-4H3,(H2,19,20,21). The minimum atomic E-state index is -1.09. The van der Waals surface area contributed by atoms with Crippen LogP contribution in [0, 0.1) is 0 Å². The highest BCUT2D eigenvalue weighted by Crippen LogP contribution is 2.23. The third-order valence-electron chi connectivity index (χ3n) is 3.97. The van der Waals surface area contributed by atoms with Gasteiger partial charge in [0.2, 0.25) is 0 Å². The van der Waals surface area contributed by atoms with E-state index in [9.17, 15) is 10.2 Å². The molecule has 26 heavy (non-hydrogen) atoms. The predicted octanol–water partition coefficient (Wildman–Crippen LogP) is 1.10. The molecule has 0 saturated heterocycles. The van der Waals surface area contributed by atoms with Gasteiger partial charge < -0.3 is 25.6 Å². The minimum absolute atomic E-state index is 0.160. The van der Waals surface area contributed by atoms with Crippen molar-refractivity contribution in [1.29, 1.82) is 0 Å². The second-order valence-electron chi connectivity index (χ2n) is 6.22. The molecule has 0 fully saturated rings. The maximum atomic E-state index is 10.7. The van der Waals surface area contributed by atoms with Gasteiger partial charge in [-0.3, -0.25) is 4.68 Å². The zero-order valence-corrected chi connectivity index (χ0v) is 15.7. The Morgan fingerprint density at radius 2 is 2.15 bits per heavy atom. The normalized spacial score (nSPS) is 14.0. The number of aliphatic imine (C=N–C) groups is 1. The summed E-state index contributed by atoms with van der Waals surface area (Å²) >= 11 is 0. The van der Waals surface area contributed by atoms with Gasteiger partial charge in [-0.05, 0) is 32.0 Å². The molecule has 0 bridgehead atoms. The lowest BCUT2D eigenvalue weighted by molar-refractivity contribution is 0.0616. The first-order valence-corrected chi connectivity index (χ1v) is 8.45. The second-order valence-corrected chi connectivity index (χ2v) is 6.22. The van der Waals surface area contributed by atoms with Gasteiger partial charge in [-0.25, -0.2) is 4.99 Å². The van der Waals surface area contributed by atoms with Gasteiger partial charge in [0.15, 0.2) is 5.96 Å². The van der Waals surface area contributed by atoms with E-state index >= 15 is 0 Å². The average molecular weight is 361 g/mol. The van der Waals surface area contributed by atoms with Crippen LogP contribution in [0.15, 0.2) is 35.6 Å². The lowest BCUT2D eigenvalue weighted by atomic mass is 10.00. The molecule has 0 aliphatic rings. The summed E-state index contributed by atoms with van der Waals surface area (Å²) in [6, 6.07) is 5.02. The molecule has 1 atom stereocenters. The summed E-state index contributed by atoms with van der Waals surface area (Å²) in [4.78, 5) is 4.47. The molecule has 0 saturated carbocycles. The first-order chi connectivity index (χ1) is 12.4. The van der Waals surface area contributed by atoms with Crippen molar-refractivity contribution in [3.05, 3.63) is 41.7 Å². The van der Waals surface area contributed by atoms with Gasteiger partial charge in [0.05, 0.1) is 26.4 Å². The summed E-state index contributed by atoms with van der Waals surface area (Å²) < 4.78 is 6.82. The average Bonchev–Trinajstić information content (AvgIpc) is 3.06. The molecular formula is C18H27N5O3. The Kier molecular flexibility index (Phi) is 6.46. The number of phenols is 1. The fourth-order valence-electron chi connectivity index (χ4n) is 2.38. The molecule has 1 aromatic heterocycles. The van der Waals surface area contributed by atoms with Crippen molar-refractivity contribution in [3.63, 3.8) is 0 Å². The molecule has 0 radical (unpaired) electrons. The Morgan fingerprint density at radius 1 is 1.38 bits per heavy atom. The molecule has 142 valence electrons. The van der Waals surface area contributed by atoms with E-state index in [0.29, 0.717) is 29.4 Å². The van der Waals surface area contributed by atoms with E-state index in [1.165, 1.54) is 0 Å². The van der Waals surface area contributed by atoms with Crippen LogP contribution >= 0.6 is 0 Å². The smallest absolute Gasteiger partial charge is 0.191 e. The zero-order valence-electron chi connectivity index (χ0n) is 15.7. The third kappa shape index (κ3) is 5.13. The SMILES string of the molecule is CCNC(=NCc1cc(OC)ccc1O)NCC(C)(O)c1cnn(C)c1. The molecule has 0 amide bonds. The molecule has 8 heteroatoms. The predicted molar refractivity (Wildman–Crippen MR) is 100 cm³/mol. The van der Waals surface area contributed by atoms with Crippen molar-refractivity contribution < 1.29 is 14.9 Å². The van der Waals surface area contributed by atoms with Crippen LogP contribution in [0.3, 0.4) is 0 Å². The summed E-state index contributed by atoms with van der Waals surface area (Å²) in [6.45, 7) is 4.88. The Balaban J connectivity index is 2.07. The van der Waals surface area contributed by atoms with Crippen molar-refractivity contribution in [1.82, 2.24) is 20.4 Å². The fourth-order valence-corrected chi connectivity index (χ4v) is 2.38. The summed E-state index contributed by atoms with van der Waals surface area (Å²) in [7, 11) is 3.38. The van der Waals surface area contributed by atoms with Crippen molar-refractivity contribution in [3.8, 4) is 11.5 Å². The van der Waals surface area contributed by atoms with Crippen molar-refractivity contribution in [2.45, 2.75) is 26.0 Å². The number of guanidine groups is 1. The molecule has 2 rings (SSSR count). The molecular weight excluding hydrogens is 334 g/mol. The maximum Gasteiger partial charge on any atom is 0.191 e. The van der Waals surface area contributed by atoms with E-state index < -0.39 is 5.60 Å². The number of aromatic nitrogens is 2. The molecule has 4 N–H and O–H groups in total. The second kappa shape index (κ2) is 8.57. The van der Waals surface area contributed by atoms with Gasteiger partial charge in [-0.1, -0.05) is 0 Å². The van der Waals surface area contributed by atoms with Gasteiger partial charge >= 0.3 is 0 Å². The highest BCUT2D eigenvalue weighted by atomic mass is 16.5. The number of rotatable bonds is 7. The third-order valence-corrected chi connectivity index (χ3v) is 3.97. The summed E-state index contributed by atoms with van der Waals surface area (Å²) in [5.74, 6) is 1.36. The highest BCUT2D eigenvalue weighted by molar-refractivity contribution is 5.79. The van der Waals surface area contributed by atoms with Crippen molar-refractivity contribution in [2.75, 3.05) is 20.2 Å². The van der Waals surface area contributed by atoms with E-state index in [1.54, 1.807) is 56.4 Å². The van der Waals surface area contributed by atoms with E-state index in [1.807, 2.05) is 6.92 Å². The van der Waals surface area contributed by atoms with Gasteiger partial charge in [0, 0.05) is 30.9 Å². The number of aromatic hydroxyl groups is 1. The first kappa shape index (κ1) is 19.6. The Hall–Kier alpha value is -2.74. The molecule has 1 unspecified atom stereocenters. The van der Waals surface area contributed by atoms with Crippen molar-refractivity contribution >= 4 is 5.96 Å². The minimum Gasteiger partial charge on any atom is -0.508 e. The van der Waals surface area contributed by atoms with Crippen LogP contribution in [-0.2, 0) is 19.2 Å². The number of aryl methyl sites for hydroxylation is 1. The Labute approximate surface area is 153 Å². The Morgan fingerprint density at radius 3 is 2.77 bits per heavy atom. The van der Waals surface area contributed by atoms with Gasteiger partial charge in [0.1, 0.15) is 17.1 Å². The monoisotopic (exact) mass is 361 g/mol. The lowest BCUT2D eigenvalue weighted by Gasteiger charge is -2.23. The number of aliphatic hydroxyl groups is 1. The van der Waals surface area contributed by atoms with Gasteiger partial charge in [0.25, 0.3) is 0 Å². The van der Waals surface area contributed by atoms with Crippen LogP contribution < -0.4 is 15.4 Å². The van der Waals surface area contributed by atoms with Crippen LogP contribution in [-0.4, -0.2) is 46.2 Å². The van der Waals surface area contributed by atoms with Crippen LogP contribution in [0.1, 0.15) is 25.0 Å². The number of phenolic OH excluding ortho intramolecular Hbond substituents is 1. The molecule has 1 aromatic carbocycles. The fraction of sp³-hybridized carbons (Fsp3) is 0.444. The van der Waals surface area contributed by atoms with E-state index in [0.717, 1.165) is 0 Å². The van der Waals surface area contributed by atoms with Crippen LogP contribution in [0.2, 0.25) is 0 Å². The van der Waals surface area contributed by atoms with E-state index in [4.69, 9.17) is 4.74 Å². The van der Waals surface area contributed by atoms with Gasteiger partial charge in [-0.15, -0.1) is 0 Å². The van der Waals surface area contributed by atoms with Crippen LogP contribution in [0.25, 0.3) is 0 Å². The van der Waals surface area contributed by atoms with Crippen LogP contribution in [0.5, 0.6) is 11.5 Å². The Bertz CT molecular complexity index is 755. The summed E-state index contributed by atoms with van der Waals surface area (Å²) in [6.07, 6.45) is 3.42. The lowest BCUT2D eigenvalue weighted by Crippen LogP contribution is -2.44. The summed E-state index contributed by atoms with van der Waals surface area (Å²) in [5.41, 5.74) is 0.275. The molecule has 0 aliphatic carbocycles. The maximum absolute atomic E-state index is 10.7. The van der Waals surface area contributed by atoms with E-state index in [2.05, 4.69) is 20.7 Å². The molecule has 2 aromatic rings. The first-order valence-electron chi connectivity index (χ1n) is 8.45. The number of benzene rings is 1. The van der Waals surface area contributed by atoms with Crippen LogP contribution in [0.4, 0.5) is 0 Å². The number of hydrogen-bond acceptors (Lipinski definition) is 5. The topological polar surface area (TPSA) is 104 Å². The number of hydrogen-bond donors (Lipinski definition) is 4. The molecule has 1 heterocycles. The quantitative estimate of drug-likeness (QED) is 0.435. The number of ether oxygens (including phenoxy) is 1. The van der Waals surface area contributed by atoms with Crippen molar-refractivity contribution in [2.24, 2.45) is 12.0 Å². The highest BCUT2D eigenvalue weighted by Gasteiger charge is 2.25. The van der Waals surface area contributed by atoms with Gasteiger partial charge in [-0.2, -0.15) is 5.10 Å². The zero-order chi connectivity index (χ0) is 19.2. The number of nitrogens with zero attached hydrogens (tertiary/aromatic N) is 3. The number of nitrogens with one attached hydrogen (secondary N) is 2.